The quantitative estimate of drug-likeness (QED) is 0.0759. The number of amides is 1. The molecule has 4 aliphatic carbocycles. The molecule has 1 amide bonds. The molecule has 10 rings (SSSR count). The summed E-state index contributed by atoms with van der Waals surface area (Å²) in [5.41, 5.74) is 4.58. The highest BCUT2D eigenvalue weighted by molar-refractivity contribution is 7.90. The molecule has 3 saturated carbocycles. The number of ether oxygens (including phenoxy) is 1. The number of aromatic nitrogens is 2. The van der Waals surface area contributed by atoms with Gasteiger partial charge < -0.3 is 19.5 Å². The zero-order valence-electron chi connectivity index (χ0n) is 36.3. The molecule has 2 bridgehead atoms. The van der Waals surface area contributed by atoms with Crippen LogP contribution in [0.1, 0.15) is 94.5 Å². The van der Waals surface area contributed by atoms with E-state index in [0.717, 1.165) is 49.9 Å². The Labute approximate surface area is 363 Å². The predicted molar refractivity (Wildman–Crippen MR) is 237 cm³/mol. The van der Waals surface area contributed by atoms with Crippen molar-refractivity contribution in [3.05, 3.63) is 93.3 Å². The van der Waals surface area contributed by atoms with Crippen molar-refractivity contribution in [3.8, 4) is 11.5 Å². The molecule has 4 aromatic rings. The lowest BCUT2D eigenvalue weighted by Crippen LogP contribution is -2.61. The fourth-order valence-corrected chi connectivity index (χ4v) is 12.1. The number of nitrogens with one attached hydrogen (secondary N) is 2. The van der Waals surface area contributed by atoms with Crippen LogP contribution >= 0.6 is 0 Å². The lowest BCUT2D eigenvalue weighted by Gasteiger charge is -2.72. The summed E-state index contributed by atoms with van der Waals surface area (Å²) in [7, 11) is -2.66. The second-order valence-electron chi connectivity index (χ2n) is 20.1. The minimum Gasteiger partial charge on any atom is -0.455 e. The van der Waals surface area contributed by atoms with Gasteiger partial charge in [-0.1, -0.05) is 38.0 Å². The van der Waals surface area contributed by atoms with Gasteiger partial charge in [0.05, 0.1) is 21.6 Å². The molecular formula is C47H58FN7O6S. The lowest BCUT2D eigenvalue weighted by atomic mass is 9.33. The number of H-pyrrole nitrogens is 1. The molecule has 0 unspecified atom stereocenters. The summed E-state index contributed by atoms with van der Waals surface area (Å²) in [6.07, 6.45) is 11.8. The molecule has 5 fully saturated rings. The predicted octanol–water partition coefficient (Wildman–Crippen LogP) is 8.57. The molecule has 2 aromatic heterocycles. The molecule has 15 heteroatoms. The first kappa shape index (κ1) is 42.4. The van der Waals surface area contributed by atoms with E-state index < -0.39 is 37.1 Å². The van der Waals surface area contributed by atoms with Crippen molar-refractivity contribution >= 4 is 38.3 Å². The van der Waals surface area contributed by atoms with Crippen molar-refractivity contribution < 1.29 is 27.3 Å². The molecule has 62 heavy (non-hydrogen) atoms. The van der Waals surface area contributed by atoms with E-state index >= 15 is 4.39 Å². The second-order valence-corrected chi connectivity index (χ2v) is 21.8. The monoisotopic (exact) mass is 867 g/mol. The number of nitro groups is 1. The van der Waals surface area contributed by atoms with Crippen LogP contribution in [0, 0.1) is 26.4 Å². The van der Waals surface area contributed by atoms with Gasteiger partial charge in [-0.2, -0.15) is 0 Å². The van der Waals surface area contributed by atoms with Gasteiger partial charge in [-0.15, -0.1) is 0 Å². The Bertz CT molecular complexity index is 2540. The normalized spacial score (nSPS) is 25.0. The van der Waals surface area contributed by atoms with Crippen LogP contribution in [0.15, 0.2) is 77.0 Å². The fraction of sp³-hybridized carbons (Fsp3) is 0.532. The van der Waals surface area contributed by atoms with Crippen LogP contribution in [0.4, 0.5) is 15.8 Å². The second kappa shape index (κ2) is 15.7. The summed E-state index contributed by atoms with van der Waals surface area (Å²) in [6, 6.07) is 12.2. The van der Waals surface area contributed by atoms with E-state index in [-0.39, 0.29) is 29.7 Å². The van der Waals surface area contributed by atoms with Crippen molar-refractivity contribution in [1.29, 1.82) is 0 Å². The number of nitro benzene ring substituents is 1. The van der Waals surface area contributed by atoms with E-state index in [1.54, 1.807) is 41.6 Å². The Morgan fingerprint density at radius 2 is 1.73 bits per heavy atom. The standard InChI is InChI=1S/C47H58FN7O6S/c1-44(2)12-9-34(39(26-44)46-29-45(3,30-46)31-46)28-53-19-21-54(22-20-53)35-6-8-38(41(24-35)61-36-23-33-11-16-49-42(33)50-27-36)43(56)51-62(59,60)37-7-5-32(40(25-37)55(57)58)10-13-47(48)14-17-52(4)18-15-47/h5-8,11,16,23-25,27H,9-10,12-15,17-22,26,28-31H2,1-4H3,(H,49,50)(H,51,56). The summed E-state index contributed by atoms with van der Waals surface area (Å²) in [4.78, 5) is 39.3. The van der Waals surface area contributed by atoms with Gasteiger partial charge in [0.15, 0.2) is 0 Å². The first-order chi connectivity index (χ1) is 29.4. The molecule has 330 valence electrons. The number of alkyl halides is 1. The average Bonchev–Trinajstić information content (AvgIpc) is 3.68. The highest BCUT2D eigenvalue weighted by Crippen LogP contribution is 2.77. The number of carbonyl (C=O) groups excluding carboxylic acids is 1. The van der Waals surface area contributed by atoms with E-state index in [2.05, 4.69) is 45.3 Å². The zero-order valence-corrected chi connectivity index (χ0v) is 37.1. The van der Waals surface area contributed by atoms with E-state index in [1.807, 2.05) is 18.0 Å². The summed E-state index contributed by atoms with van der Waals surface area (Å²) in [5.74, 6) is -0.468. The number of anilines is 1. The molecule has 13 nitrogen and oxygen atoms in total. The Hall–Kier alpha value is -4.86. The third-order valence-electron chi connectivity index (χ3n) is 14.6. The van der Waals surface area contributed by atoms with Crippen molar-refractivity contribution in [3.63, 3.8) is 0 Å². The highest BCUT2D eigenvalue weighted by atomic mass is 32.2. The number of rotatable bonds is 13. The largest absolute Gasteiger partial charge is 0.455 e. The van der Waals surface area contributed by atoms with Crippen LogP contribution in [0.3, 0.4) is 0 Å². The Balaban J connectivity index is 0.920. The van der Waals surface area contributed by atoms with E-state index in [0.29, 0.717) is 53.6 Å². The smallest absolute Gasteiger partial charge is 0.273 e. The molecule has 4 heterocycles. The van der Waals surface area contributed by atoms with Crippen LogP contribution in [0.5, 0.6) is 11.5 Å². The highest BCUT2D eigenvalue weighted by Gasteiger charge is 2.66. The maximum atomic E-state index is 15.5. The van der Waals surface area contributed by atoms with E-state index in [9.17, 15) is 23.3 Å². The number of nitrogens with zero attached hydrogens (tertiary/aromatic N) is 5. The van der Waals surface area contributed by atoms with Gasteiger partial charge in [-0.05, 0) is 118 Å². The van der Waals surface area contributed by atoms with E-state index in [1.165, 1.54) is 56.9 Å². The number of likely N-dealkylation sites (tertiary alicyclic amines) is 1. The molecule has 2 aliphatic heterocycles. The molecule has 6 aliphatic rings. The number of fused-ring (bicyclic) bond motifs is 1. The number of piperidine rings is 1. The van der Waals surface area contributed by atoms with Gasteiger partial charge in [-0.3, -0.25) is 19.8 Å². The van der Waals surface area contributed by atoms with Crippen molar-refractivity contribution in [2.75, 3.05) is 57.8 Å². The van der Waals surface area contributed by atoms with Gasteiger partial charge in [0.2, 0.25) is 0 Å². The van der Waals surface area contributed by atoms with Crippen LogP contribution in [-0.4, -0.2) is 97.5 Å². The van der Waals surface area contributed by atoms with Crippen LogP contribution in [0.2, 0.25) is 0 Å². The summed E-state index contributed by atoms with van der Waals surface area (Å²) >= 11 is 0. The third kappa shape index (κ3) is 8.47. The van der Waals surface area contributed by atoms with Gasteiger partial charge in [-0.25, -0.2) is 22.5 Å². The molecule has 0 atom stereocenters. The number of halogens is 1. The number of carbonyl (C=O) groups is 1. The number of allylic oxidation sites excluding steroid dienone is 1. The molecule has 2 saturated heterocycles. The van der Waals surface area contributed by atoms with Crippen LogP contribution in [0.25, 0.3) is 11.0 Å². The molecular weight excluding hydrogens is 810 g/mol. The van der Waals surface area contributed by atoms with Crippen molar-refractivity contribution in [2.45, 2.75) is 95.5 Å². The maximum Gasteiger partial charge on any atom is 0.273 e. The molecule has 0 radical (unpaired) electrons. The maximum absolute atomic E-state index is 15.5. The zero-order chi connectivity index (χ0) is 43.7. The molecule has 0 spiro atoms. The SMILES string of the molecule is CN1CCC(F)(CCc2ccc(S(=O)(=O)NC(=O)c3ccc(N4CCN(CC5=C(C67CC(C)(C6)C7)CC(C)(C)CC5)CC4)cc3Oc3cnc4[nH]ccc4c3)cc2[N+](=O)[O-])CC1. The summed E-state index contributed by atoms with van der Waals surface area (Å²) < 4.78 is 51.4. The fourth-order valence-electron chi connectivity index (χ4n) is 11.2. The van der Waals surface area contributed by atoms with Crippen LogP contribution in [-0.2, 0) is 16.4 Å². The average molecular weight is 868 g/mol. The molecule has 2 aromatic carbocycles. The minimum absolute atomic E-state index is 0.0373. The topological polar surface area (TPSA) is 154 Å². The number of piperazine rings is 1. The van der Waals surface area contributed by atoms with E-state index in [4.69, 9.17) is 4.74 Å². The molecule has 2 N–H and O–H groups in total. The van der Waals surface area contributed by atoms with Crippen LogP contribution < -0.4 is 14.4 Å². The van der Waals surface area contributed by atoms with Gasteiger partial charge in [0, 0.05) is 80.8 Å². The number of aryl methyl sites for hydroxylation is 1. The van der Waals surface area contributed by atoms with Crippen molar-refractivity contribution in [2.24, 2.45) is 16.2 Å². The number of aromatic amines is 1. The number of hydrogen-bond donors (Lipinski definition) is 2. The van der Waals surface area contributed by atoms with Gasteiger partial charge >= 0.3 is 0 Å². The summed E-state index contributed by atoms with van der Waals surface area (Å²) in [6.45, 7) is 12.8. The minimum atomic E-state index is -4.59. The number of pyridine rings is 1. The first-order valence-corrected chi connectivity index (χ1v) is 23.5. The number of hydrogen-bond acceptors (Lipinski definition) is 10. The van der Waals surface area contributed by atoms with Crippen molar-refractivity contribution in [1.82, 2.24) is 24.5 Å². The van der Waals surface area contributed by atoms with Gasteiger partial charge in [0.1, 0.15) is 22.8 Å². The Morgan fingerprint density at radius 1 is 0.984 bits per heavy atom. The first-order valence-electron chi connectivity index (χ1n) is 22.1. The Morgan fingerprint density at radius 3 is 2.44 bits per heavy atom. The third-order valence-corrected chi connectivity index (χ3v) is 15.9. The summed E-state index contributed by atoms with van der Waals surface area (Å²) in [5, 5.41) is 13.0. The lowest BCUT2D eigenvalue weighted by molar-refractivity contribution is -0.385. The Kier molecular flexibility index (Phi) is 10.8. The number of sulfonamides is 1. The number of benzene rings is 2. The van der Waals surface area contributed by atoms with Gasteiger partial charge in [0.25, 0.3) is 21.6 Å².